The monoisotopic (exact) mass is 388 g/mol. The summed E-state index contributed by atoms with van der Waals surface area (Å²) >= 11 is 0. The van der Waals surface area contributed by atoms with Crippen LogP contribution in [0.4, 0.5) is 0 Å². The van der Waals surface area contributed by atoms with Gasteiger partial charge in [-0.1, -0.05) is 0 Å². The summed E-state index contributed by atoms with van der Waals surface area (Å²) in [4.78, 5) is 23.4. The highest BCUT2D eigenvalue weighted by Crippen LogP contribution is 2.29. The average Bonchev–Trinajstić information content (AvgIpc) is 3.55. The Labute approximate surface area is 167 Å². The van der Waals surface area contributed by atoms with Crippen molar-refractivity contribution < 1.29 is 14.3 Å². The molecule has 1 N–H and O–H groups in total. The van der Waals surface area contributed by atoms with Crippen molar-refractivity contribution in [3.8, 4) is 5.88 Å². The zero-order valence-corrected chi connectivity index (χ0v) is 17.0. The summed E-state index contributed by atoms with van der Waals surface area (Å²) in [5.41, 5.74) is 1.06. The summed E-state index contributed by atoms with van der Waals surface area (Å²) in [6.45, 7) is 7.96. The molecule has 0 amide bonds. The molecule has 2 heterocycles. The Morgan fingerprint density at radius 1 is 1.36 bits per heavy atom. The molecule has 1 saturated carbocycles. The van der Waals surface area contributed by atoms with Crippen molar-refractivity contribution in [3.63, 3.8) is 0 Å². The van der Waals surface area contributed by atoms with Gasteiger partial charge < -0.3 is 19.7 Å². The van der Waals surface area contributed by atoms with Gasteiger partial charge in [-0.15, -0.1) is 0 Å². The second-order valence-corrected chi connectivity index (χ2v) is 7.46. The van der Waals surface area contributed by atoms with E-state index in [0.717, 1.165) is 44.1 Å². The smallest absolute Gasteiger partial charge is 0.310 e. The van der Waals surface area contributed by atoms with Crippen molar-refractivity contribution in [2.75, 3.05) is 32.8 Å². The number of ether oxygens (including phenoxy) is 2. The summed E-state index contributed by atoms with van der Waals surface area (Å²) in [7, 11) is 0. The largest absolute Gasteiger partial charge is 0.477 e. The van der Waals surface area contributed by atoms with Crippen LogP contribution >= 0.6 is 0 Å². The third-order valence-corrected chi connectivity index (χ3v) is 5.05. The van der Waals surface area contributed by atoms with Gasteiger partial charge in [-0.2, -0.15) is 0 Å². The maximum absolute atomic E-state index is 12.1. The van der Waals surface area contributed by atoms with Gasteiger partial charge >= 0.3 is 5.97 Å². The zero-order chi connectivity index (χ0) is 19.8. The quantitative estimate of drug-likeness (QED) is 0.419. The first-order chi connectivity index (χ1) is 13.7. The van der Waals surface area contributed by atoms with Crippen molar-refractivity contribution in [1.29, 1.82) is 0 Å². The molecule has 1 saturated heterocycles. The van der Waals surface area contributed by atoms with Crippen LogP contribution in [0.3, 0.4) is 0 Å². The van der Waals surface area contributed by atoms with Crippen LogP contribution in [0.25, 0.3) is 0 Å². The Hall–Kier alpha value is -2.31. The van der Waals surface area contributed by atoms with Crippen LogP contribution in [-0.4, -0.2) is 54.7 Å². The summed E-state index contributed by atoms with van der Waals surface area (Å²) < 4.78 is 11.0. The minimum Gasteiger partial charge on any atom is -0.477 e. The molecule has 2 fully saturated rings. The molecule has 1 aliphatic carbocycles. The number of nitrogens with zero attached hydrogens (tertiary/aromatic N) is 3. The third-order valence-electron chi connectivity index (χ3n) is 5.05. The highest BCUT2D eigenvalue weighted by molar-refractivity contribution is 5.81. The van der Waals surface area contributed by atoms with E-state index in [9.17, 15) is 4.79 Å². The predicted octanol–water partition coefficient (Wildman–Crippen LogP) is 2.61. The first-order valence-electron chi connectivity index (χ1n) is 10.5. The number of likely N-dealkylation sites (tertiary alicyclic amines) is 1. The number of hydrogen-bond acceptors (Lipinski definition) is 5. The Morgan fingerprint density at radius 3 is 2.96 bits per heavy atom. The lowest BCUT2D eigenvalue weighted by molar-refractivity contribution is -0.149. The van der Waals surface area contributed by atoms with Crippen molar-refractivity contribution in [2.45, 2.75) is 46.1 Å². The standard InChI is InChI=1S/C21H32N4O3/c1-3-22-21(25-11-5-6-18(14-25)20(26)27-4-2)24-13-17-9-10-23-19(12-17)28-15-16-7-8-16/h9-10,12,16,18H,3-8,11,13-15H2,1-2H3,(H,22,24). The summed E-state index contributed by atoms with van der Waals surface area (Å²) in [5, 5.41) is 3.35. The van der Waals surface area contributed by atoms with Gasteiger partial charge in [-0.25, -0.2) is 9.98 Å². The fraction of sp³-hybridized carbons (Fsp3) is 0.667. The Kier molecular flexibility index (Phi) is 7.51. The predicted molar refractivity (Wildman–Crippen MR) is 108 cm³/mol. The lowest BCUT2D eigenvalue weighted by atomic mass is 9.98. The minimum atomic E-state index is -0.102. The maximum Gasteiger partial charge on any atom is 0.310 e. The number of esters is 1. The van der Waals surface area contributed by atoms with Gasteiger partial charge in [0, 0.05) is 31.9 Å². The lowest BCUT2D eigenvalue weighted by Gasteiger charge is -2.34. The topological polar surface area (TPSA) is 76.1 Å². The molecule has 154 valence electrons. The molecule has 0 radical (unpaired) electrons. The van der Waals surface area contributed by atoms with Gasteiger partial charge in [0.25, 0.3) is 0 Å². The number of guanidine groups is 1. The van der Waals surface area contributed by atoms with Crippen LogP contribution in [0, 0.1) is 11.8 Å². The minimum absolute atomic E-state index is 0.0825. The number of aliphatic imine (C=N–C) groups is 1. The molecule has 0 bridgehead atoms. The number of pyridine rings is 1. The molecule has 1 unspecified atom stereocenters. The van der Waals surface area contributed by atoms with E-state index >= 15 is 0 Å². The lowest BCUT2D eigenvalue weighted by Crippen LogP contribution is -2.48. The van der Waals surface area contributed by atoms with Gasteiger partial charge in [-0.05, 0) is 57.1 Å². The van der Waals surface area contributed by atoms with Crippen LogP contribution in [0.2, 0.25) is 0 Å². The molecule has 7 heteroatoms. The van der Waals surface area contributed by atoms with E-state index in [-0.39, 0.29) is 11.9 Å². The van der Waals surface area contributed by atoms with E-state index < -0.39 is 0 Å². The van der Waals surface area contributed by atoms with Crippen LogP contribution in [0.1, 0.15) is 45.1 Å². The molecule has 3 rings (SSSR count). The number of nitrogens with one attached hydrogen (secondary N) is 1. The molecule has 1 aliphatic heterocycles. The molecular weight excluding hydrogens is 356 g/mol. The maximum atomic E-state index is 12.1. The highest BCUT2D eigenvalue weighted by Gasteiger charge is 2.28. The van der Waals surface area contributed by atoms with E-state index in [1.165, 1.54) is 12.8 Å². The number of hydrogen-bond donors (Lipinski definition) is 1. The number of rotatable bonds is 8. The normalized spacial score (nSPS) is 20.0. The van der Waals surface area contributed by atoms with E-state index in [1.807, 2.05) is 19.1 Å². The fourth-order valence-corrected chi connectivity index (χ4v) is 3.33. The molecule has 1 aromatic heterocycles. The van der Waals surface area contributed by atoms with Crippen molar-refractivity contribution in [1.82, 2.24) is 15.2 Å². The van der Waals surface area contributed by atoms with Crippen molar-refractivity contribution in [2.24, 2.45) is 16.8 Å². The number of carbonyl (C=O) groups excluding carboxylic acids is 1. The van der Waals surface area contributed by atoms with Gasteiger partial charge in [0.2, 0.25) is 5.88 Å². The Bertz CT molecular complexity index is 675. The molecule has 0 spiro atoms. The highest BCUT2D eigenvalue weighted by atomic mass is 16.5. The van der Waals surface area contributed by atoms with E-state index in [1.54, 1.807) is 6.20 Å². The number of carbonyl (C=O) groups is 1. The fourth-order valence-electron chi connectivity index (χ4n) is 3.33. The molecule has 28 heavy (non-hydrogen) atoms. The molecule has 7 nitrogen and oxygen atoms in total. The van der Waals surface area contributed by atoms with Crippen LogP contribution in [-0.2, 0) is 16.1 Å². The third kappa shape index (κ3) is 6.11. The molecule has 2 aliphatic rings. The van der Waals surface area contributed by atoms with E-state index in [2.05, 4.69) is 22.1 Å². The Morgan fingerprint density at radius 2 is 2.21 bits per heavy atom. The second-order valence-electron chi connectivity index (χ2n) is 7.46. The van der Waals surface area contributed by atoms with E-state index in [0.29, 0.717) is 31.5 Å². The SMILES string of the molecule is CCNC(=NCc1ccnc(OCC2CC2)c1)N1CCCC(C(=O)OCC)C1. The summed E-state index contributed by atoms with van der Waals surface area (Å²) in [5.74, 6) is 2.03. The summed E-state index contributed by atoms with van der Waals surface area (Å²) in [6, 6.07) is 3.93. The summed E-state index contributed by atoms with van der Waals surface area (Å²) in [6.07, 6.45) is 6.14. The second kappa shape index (κ2) is 10.3. The van der Waals surface area contributed by atoms with E-state index in [4.69, 9.17) is 14.5 Å². The first kappa shape index (κ1) is 20.4. The number of piperidine rings is 1. The molecule has 1 atom stereocenters. The zero-order valence-electron chi connectivity index (χ0n) is 17.0. The average molecular weight is 389 g/mol. The van der Waals surface area contributed by atoms with Crippen molar-refractivity contribution >= 4 is 11.9 Å². The van der Waals surface area contributed by atoms with Crippen LogP contribution < -0.4 is 10.1 Å². The van der Waals surface area contributed by atoms with Gasteiger partial charge in [0.15, 0.2) is 5.96 Å². The number of aromatic nitrogens is 1. The van der Waals surface area contributed by atoms with Gasteiger partial charge in [0.05, 0.1) is 25.7 Å². The molecule has 0 aromatic carbocycles. The van der Waals surface area contributed by atoms with Gasteiger partial charge in [-0.3, -0.25) is 4.79 Å². The van der Waals surface area contributed by atoms with Gasteiger partial charge in [0.1, 0.15) is 0 Å². The van der Waals surface area contributed by atoms with Crippen LogP contribution in [0.15, 0.2) is 23.3 Å². The molecular formula is C21H32N4O3. The molecule has 1 aromatic rings. The first-order valence-corrected chi connectivity index (χ1v) is 10.5. The van der Waals surface area contributed by atoms with Crippen molar-refractivity contribution in [3.05, 3.63) is 23.9 Å². The Balaban J connectivity index is 1.61. The van der Waals surface area contributed by atoms with Crippen LogP contribution in [0.5, 0.6) is 5.88 Å².